The van der Waals surface area contributed by atoms with Gasteiger partial charge in [0.25, 0.3) is 5.56 Å². The fraction of sp³-hybridized carbons (Fsp3) is 0.256. The van der Waals surface area contributed by atoms with E-state index in [2.05, 4.69) is 6.92 Å². The number of rotatable bonds is 10. The number of aryl methyl sites for hydroxylation is 1. The highest BCUT2D eigenvalue weighted by molar-refractivity contribution is 7.07. The Labute approximate surface area is 293 Å². The van der Waals surface area contributed by atoms with Gasteiger partial charge < -0.3 is 14.2 Å². The molecule has 1 aliphatic rings. The number of nitrogens with zero attached hydrogens (tertiary/aromatic N) is 4. The van der Waals surface area contributed by atoms with Gasteiger partial charge in [-0.1, -0.05) is 48.6 Å². The van der Waals surface area contributed by atoms with E-state index in [-0.39, 0.29) is 17.2 Å². The number of fused-ring (bicyclic) bond motifs is 1. The number of esters is 2. The maximum atomic E-state index is 14.4. The number of hydrogen-bond donors (Lipinski definition) is 0. The van der Waals surface area contributed by atoms with Gasteiger partial charge in [-0.05, 0) is 93.8 Å². The first-order valence-corrected chi connectivity index (χ1v) is 17.2. The first-order valence-electron chi connectivity index (χ1n) is 16.4. The Bertz CT molecular complexity index is 2280. The molecule has 0 spiro atoms. The minimum atomic E-state index is -0.837. The summed E-state index contributed by atoms with van der Waals surface area (Å²) in [5, 5.41) is 4.97. The van der Waals surface area contributed by atoms with Gasteiger partial charge in [0.05, 0.1) is 52.9 Å². The zero-order valence-electron chi connectivity index (χ0n) is 28.8. The highest BCUT2D eigenvalue weighted by Crippen LogP contribution is 2.32. The molecule has 2 aromatic heterocycles. The number of thiazole rings is 1. The predicted molar refractivity (Wildman–Crippen MR) is 192 cm³/mol. The molecule has 0 bridgehead atoms. The fourth-order valence-electron chi connectivity index (χ4n) is 5.84. The van der Waals surface area contributed by atoms with Crippen molar-refractivity contribution < 1.29 is 23.8 Å². The number of hydrogen-bond acceptors (Lipinski definition) is 9. The monoisotopic (exact) mass is 690 g/mol. The maximum Gasteiger partial charge on any atom is 0.338 e. The largest absolute Gasteiger partial charge is 0.493 e. The minimum Gasteiger partial charge on any atom is -0.493 e. The van der Waals surface area contributed by atoms with Crippen molar-refractivity contribution in [2.24, 2.45) is 4.99 Å². The number of para-hydroxylation sites is 1. The van der Waals surface area contributed by atoms with E-state index < -0.39 is 18.0 Å². The van der Waals surface area contributed by atoms with E-state index in [0.29, 0.717) is 38.5 Å². The SMILES string of the molecule is CCCOc1ccc(-c2nn(-c3ccccc3)cc2/C=c2\sc3n(c2=O)[C@H](c2ccc(C(=O)OC)cc2)C(C(=O)OC(C)C)=C(C)N=3)cc1C. The molecule has 0 saturated carbocycles. The zero-order valence-corrected chi connectivity index (χ0v) is 29.6. The number of carbonyl (C=O) groups is 2. The number of ether oxygens (including phenoxy) is 3. The van der Waals surface area contributed by atoms with Crippen molar-refractivity contribution in [3.63, 3.8) is 0 Å². The maximum absolute atomic E-state index is 14.4. The van der Waals surface area contributed by atoms with Crippen molar-refractivity contribution in [1.82, 2.24) is 14.3 Å². The van der Waals surface area contributed by atoms with Crippen LogP contribution in [0.25, 0.3) is 23.0 Å². The summed E-state index contributed by atoms with van der Waals surface area (Å²) < 4.78 is 20.2. The van der Waals surface area contributed by atoms with Crippen LogP contribution in [0.1, 0.15) is 67.2 Å². The summed E-state index contributed by atoms with van der Waals surface area (Å²) in [5.74, 6) is -0.239. The van der Waals surface area contributed by atoms with E-state index in [1.54, 1.807) is 49.7 Å². The lowest BCUT2D eigenvalue weighted by atomic mass is 9.95. The summed E-state index contributed by atoms with van der Waals surface area (Å²) >= 11 is 1.23. The van der Waals surface area contributed by atoms with Crippen molar-refractivity contribution in [1.29, 1.82) is 0 Å². The van der Waals surface area contributed by atoms with Crippen molar-refractivity contribution >= 4 is 29.4 Å². The van der Waals surface area contributed by atoms with Gasteiger partial charge in [0, 0.05) is 17.3 Å². The van der Waals surface area contributed by atoms with Crippen LogP contribution in [0.4, 0.5) is 0 Å². The average molecular weight is 691 g/mol. The van der Waals surface area contributed by atoms with Gasteiger partial charge >= 0.3 is 11.9 Å². The predicted octanol–water partition coefficient (Wildman–Crippen LogP) is 5.92. The summed E-state index contributed by atoms with van der Waals surface area (Å²) in [5.41, 5.74) is 5.48. The smallest absolute Gasteiger partial charge is 0.338 e. The molecule has 256 valence electrons. The summed E-state index contributed by atoms with van der Waals surface area (Å²) in [6, 6.07) is 21.6. The first kappa shape index (κ1) is 34.3. The molecule has 3 aromatic carbocycles. The van der Waals surface area contributed by atoms with Gasteiger partial charge in [0.2, 0.25) is 0 Å². The van der Waals surface area contributed by atoms with Crippen molar-refractivity contribution in [3.8, 4) is 22.7 Å². The third-order valence-electron chi connectivity index (χ3n) is 8.19. The molecule has 50 heavy (non-hydrogen) atoms. The van der Waals surface area contributed by atoms with Gasteiger partial charge in [-0.2, -0.15) is 5.10 Å². The third-order valence-corrected chi connectivity index (χ3v) is 9.17. The Morgan fingerprint density at radius 2 is 1.74 bits per heavy atom. The molecule has 3 heterocycles. The molecular weight excluding hydrogens is 653 g/mol. The second kappa shape index (κ2) is 14.5. The number of allylic oxidation sites excluding steroid dienone is 1. The summed E-state index contributed by atoms with van der Waals surface area (Å²) in [4.78, 5) is 45.3. The highest BCUT2D eigenvalue weighted by Gasteiger charge is 2.34. The molecule has 1 aliphatic heterocycles. The minimum absolute atomic E-state index is 0.252. The Hall–Kier alpha value is -5.55. The fourth-order valence-corrected chi connectivity index (χ4v) is 6.87. The normalized spacial score (nSPS) is 14.4. The third kappa shape index (κ3) is 6.81. The van der Waals surface area contributed by atoms with Crippen molar-refractivity contribution in [3.05, 3.63) is 132 Å². The highest BCUT2D eigenvalue weighted by atomic mass is 32.1. The molecule has 0 fully saturated rings. The molecule has 5 aromatic rings. The van der Waals surface area contributed by atoms with Gasteiger partial charge in [-0.25, -0.2) is 19.3 Å². The summed E-state index contributed by atoms with van der Waals surface area (Å²) in [7, 11) is 1.31. The lowest BCUT2D eigenvalue weighted by Gasteiger charge is -2.25. The molecule has 0 aliphatic carbocycles. The molecule has 0 N–H and O–H groups in total. The molecule has 11 heteroatoms. The van der Waals surface area contributed by atoms with Crippen LogP contribution >= 0.6 is 11.3 Å². The van der Waals surface area contributed by atoms with Crippen LogP contribution in [0.5, 0.6) is 5.75 Å². The lowest BCUT2D eigenvalue weighted by Crippen LogP contribution is -2.40. The molecule has 0 saturated heterocycles. The van der Waals surface area contributed by atoms with Crippen LogP contribution in [0, 0.1) is 6.92 Å². The van der Waals surface area contributed by atoms with Crippen molar-refractivity contribution in [2.45, 2.75) is 53.2 Å². The van der Waals surface area contributed by atoms with E-state index in [9.17, 15) is 14.4 Å². The van der Waals surface area contributed by atoms with Gasteiger partial charge in [0.15, 0.2) is 4.80 Å². The van der Waals surface area contributed by atoms with Crippen LogP contribution in [-0.4, -0.2) is 46.1 Å². The molecule has 0 amide bonds. The number of benzene rings is 3. The van der Waals surface area contributed by atoms with Gasteiger partial charge in [-0.3, -0.25) is 9.36 Å². The van der Waals surface area contributed by atoms with Crippen LogP contribution < -0.4 is 19.6 Å². The average Bonchev–Trinajstić information content (AvgIpc) is 3.67. The molecular formula is C39H38N4O6S. The zero-order chi connectivity index (χ0) is 35.5. The number of aromatic nitrogens is 3. The van der Waals surface area contributed by atoms with Crippen LogP contribution in [0.15, 0.2) is 100 Å². The Morgan fingerprint density at radius 1 is 1.00 bits per heavy atom. The van der Waals surface area contributed by atoms with E-state index in [1.807, 2.05) is 67.7 Å². The topological polar surface area (TPSA) is 114 Å². The van der Waals surface area contributed by atoms with Crippen LogP contribution in [-0.2, 0) is 14.3 Å². The second-order valence-corrected chi connectivity index (χ2v) is 13.2. The van der Waals surface area contributed by atoms with E-state index >= 15 is 0 Å². The number of methoxy groups -OCH3 is 1. The quantitative estimate of drug-likeness (QED) is 0.167. The lowest BCUT2D eigenvalue weighted by molar-refractivity contribution is -0.143. The van der Waals surface area contributed by atoms with Crippen LogP contribution in [0.2, 0.25) is 0 Å². The molecule has 0 radical (unpaired) electrons. The Balaban J connectivity index is 1.52. The van der Waals surface area contributed by atoms with Crippen molar-refractivity contribution in [2.75, 3.05) is 13.7 Å². The first-order chi connectivity index (χ1) is 24.1. The standard InChI is InChI=1S/C39H38N4O6S/c1-7-19-48-31-18-17-28(20-24(31)4)34-29(22-42(41-34)30-11-9-8-10-12-30)21-32-36(44)43-35(26-13-15-27(16-14-26)37(45)47-6)33(38(46)49-23(2)3)25(5)40-39(43)50-32/h8-18,20-23,35H,7,19H2,1-6H3/b32-21-/t35-/m1/s1. The van der Waals surface area contributed by atoms with E-state index in [1.165, 1.54) is 23.0 Å². The molecule has 1 atom stereocenters. The van der Waals surface area contributed by atoms with Gasteiger partial charge in [0.1, 0.15) is 11.4 Å². The Morgan fingerprint density at radius 3 is 2.40 bits per heavy atom. The second-order valence-electron chi connectivity index (χ2n) is 12.2. The Kier molecular flexibility index (Phi) is 9.96. The molecule has 6 rings (SSSR count). The van der Waals surface area contributed by atoms with E-state index in [0.717, 1.165) is 34.5 Å². The van der Waals surface area contributed by atoms with Crippen LogP contribution in [0.3, 0.4) is 0 Å². The van der Waals surface area contributed by atoms with E-state index in [4.69, 9.17) is 24.3 Å². The summed E-state index contributed by atoms with van der Waals surface area (Å²) in [6.45, 7) is 9.97. The summed E-state index contributed by atoms with van der Waals surface area (Å²) in [6.07, 6.45) is 4.25. The molecule has 10 nitrogen and oxygen atoms in total. The number of carbonyl (C=O) groups excluding carboxylic acids is 2. The molecule has 0 unspecified atom stereocenters. The van der Waals surface area contributed by atoms with Gasteiger partial charge in [-0.15, -0.1) is 0 Å².